The summed E-state index contributed by atoms with van der Waals surface area (Å²) in [4.78, 5) is 0. The molecule has 0 nitrogen and oxygen atoms in total. The van der Waals surface area contributed by atoms with Crippen LogP contribution in [0.3, 0.4) is 0 Å². The molecule has 0 aromatic rings. The fourth-order valence-corrected chi connectivity index (χ4v) is 0. The first-order valence-corrected chi connectivity index (χ1v) is 2.07. The SMILES string of the molecule is C#C.CC(C)C. The maximum Gasteiger partial charge on any atom is -0.0500 e. The van der Waals surface area contributed by atoms with Crippen molar-refractivity contribution in [2.24, 2.45) is 5.92 Å². The van der Waals surface area contributed by atoms with E-state index in [1.165, 1.54) is 0 Å². The molecule has 0 bridgehead atoms. The summed E-state index contributed by atoms with van der Waals surface area (Å²) in [6.45, 7) is 6.50. The van der Waals surface area contributed by atoms with Crippen LogP contribution in [-0.2, 0) is 0 Å². The van der Waals surface area contributed by atoms with Crippen LogP contribution in [0.4, 0.5) is 0 Å². The molecule has 6 heavy (non-hydrogen) atoms. The molecular weight excluding hydrogens is 72.1 g/mol. The van der Waals surface area contributed by atoms with Gasteiger partial charge in [0.15, 0.2) is 0 Å². The van der Waals surface area contributed by atoms with Crippen LogP contribution < -0.4 is 0 Å². The molecule has 0 saturated heterocycles. The van der Waals surface area contributed by atoms with Crippen molar-refractivity contribution in [1.29, 1.82) is 0 Å². The minimum Gasteiger partial charge on any atom is -0.124 e. The smallest absolute Gasteiger partial charge is 0.0500 e. The number of hydrogen-bond acceptors (Lipinski definition) is 0. The van der Waals surface area contributed by atoms with E-state index in [-0.39, 0.29) is 0 Å². The zero-order chi connectivity index (χ0) is 5.58. The number of terminal acetylenes is 1. The average Bonchev–Trinajstić information content (AvgIpc) is 1.41. The van der Waals surface area contributed by atoms with Gasteiger partial charge in [-0.25, -0.2) is 0 Å². The van der Waals surface area contributed by atoms with Crippen LogP contribution in [-0.4, -0.2) is 0 Å². The predicted octanol–water partition coefficient (Wildman–Crippen LogP) is 1.91. The summed E-state index contributed by atoms with van der Waals surface area (Å²) in [5.41, 5.74) is 0. The largest absolute Gasteiger partial charge is 0.124 e. The van der Waals surface area contributed by atoms with Gasteiger partial charge in [0, 0.05) is 0 Å². The molecule has 0 aliphatic heterocycles. The Morgan fingerprint density at radius 3 is 1.00 bits per heavy atom. The molecule has 0 heterocycles. The standard InChI is InChI=1S/C4H10.C2H2/c1-4(2)3;1-2/h4H,1-3H3;1-2H. The van der Waals surface area contributed by atoms with Gasteiger partial charge in [0.05, 0.1) is 0 Å². The highest BCUT2D eigenvalue weighted by Gasteiger charge is 1.68. The summed E-state index contributed by atoms with van der Waals surface area (Å²) in [6, 6.07) is 0. The van der Waals surface area contributed by atoms with Gasteiger partial charge >= 0.3 is 0 Å². The van der Waals surface area contributed by atoms with E-state index in [9.17, 15) is 0 Å². The molecule has 0 spiro atoms. The van der Waals surface area contributed by atoms with Crippen molar-refractivity contribution in [1.82, 2.24) is 0 Å². The molecule has 0 aromatic carbocycles. The van der Waals surface area contributed by atoms with Gasteiger partial charge in [-0.05, 0) is 5.92 Å². The van der Waals surface area contributed by atoms with Gasteiger partial charge in [0.1, 0.15) is 0 Å². The van der Waals surface area contributed by atoms with Gasteiger partial charge in [-0.2, -0.15) is 0 Å². The zero-order valence-electron chi connectivity index (χ0n) is 4.73. The summed E-state index contributed by atoms with van der Waals surface area (Å²) >= 11 is 0. The van der Waals surface area contributed by atoms with Gasteiger partial charge in [-0.1, -0.05) is 20.8 Å². The predicted molar refractivity (Wildman–Crippen MR) is 30.4 cm³/mol. The third-order valence-electron chi connectivity index (χ3n) is 0. The van der Waals surface area contributed by atoms with E-state index in [1.54, 1.807) is 0 Å². The summed E-state index contributed by atoms with van der Waals surface area (Å²) < 4.78 is 0. The Morgan fingerprint density at radius 1 is 1.00 bits per heavy atom. The molecule has 0 rings (SSSR count). The monoisotopic (exact) mass is 84.1 g/mol. The van der Waals surface area contributed by atoms with E-state index in [2.05, 4.69) is 33.6 Å². The van der Waals surface area contributed by atoms with Gasteiger partial charge < -0.3 is 0 Å². The van der Waals surface area contributed by atoms with E-state index in [4.69, 9.17) is 0 Å². The molecule has 0 fully saturated rings. The second-order valence-corrected chi connectivity index (χ2v) is 1.73. The van der Waals surface area contributed by atoms with E-state index < -0.39 is 0 Å². The normalized spacial score (nSPS) is 6.33. The van der Waals surface area contributed by atoms with Crippen LogP contribution in [0, 0.1) is 18.8 Å². The fourth-order valence-electron chi connectivity index (χ4n) is 0. The molecule has 0 amide bonds. The Kier molecular flexibility index (Phi) is 13.4. The Hall–Kier alpha value is -0.440. The summed E-state index contributed by atoms with van der Waals surface area (Å²) in [5.74, 6) is 0.833. The molecule has 0 N–H and O–H groups in total. The van der Waals surface area contributed by atoms with Gasteiger partial charge in [-0.3, -0.25) is 0 Å². The molecule has 0 aliphatic carbocycles. The van der Waals surface area contributed by atoms with Crippen LogP contribution in [0.2, 0.25) is 0 Å². The Labute approximate surface area is 40.6 Å². The van der Waals surface area contributed by atoms with Crippen molar-refractivity contribution in [2.45, 2.75) is 20.8 Å². The summed E-state index contributed by atoms with van der Waals surface area (Å²) in [7, 11) is 0. The van der Waals surface area contributed by atoms with Crippen LogP contribution >= 0.6 is 0 Å². The van der Waals surface area contributed by atoms with Crippen LogP contribution in [0.1, 0.15) is 20.8 Å². The lowest BCUT2D eigenvalue weighted by atomic mass is 10.3. The number of rotatable bonds is 0. The van der Waals surface area contributed by atoms with E-state index in [0.717, 1.165) is 5.92 Å². The molecule has 0 unspecified atom stereocenters. The lowest BCUT2D eigenvalue weighted by Gasteiger charge is -1.79. The molecule has 0 heteroatoms. The quantitative estimate of drug-likeness (QED) is 0.393. The highest BCUT2D eigenvalue weighted by molar-refractivity contribution is 4.47. The van der Waals surface area contributed by atoms with Gasteiger partial charge in [0.25, 0.3) is 0 Å². The molecule has 0 radical (unpaired) electrons. The Balaban J connectivity index is 0. The van der Waals surface area contributed by atoms with E-state index in [1.807, 2.05) is 0 Å². The lowest BCUT2D eigenvalue weighted by Crippen LogP contribution is -1.66. The maximum absolute atomic E-state index is 4.00. The second kappa shape index (κ2) is 8.82. The van der Waals surface area contributed by atoms with Crippen molar-refractivity contribution in [3.8, 4) is 12.8 Å². The van der Waals surface area contributed by atoms with Gasteiger partial charge in [0.2, 0.25) is 0 Å². The van der Waals surface area contributed by atoms with Crippen LogP contribution in [0.25, 0.3) is 0 Å². The minimum atomic E-state index is 0.833. The Morgan fingerprint density at radius 2 is 1.00 bits per heavy atom. The second-order valence-electron chi connectivity index (χ2n) is 1.73. The van der Waals surface area contributed by atoms with Gasteiger partial charge in [-0.15, -0.1) is 12.8 Å². The van der Waals surface area contributed by atoms with Crippen molar-refractivity contribution >= 4 is 0 Å². The maximum atomic E-state index is 4.00. The zero-order valence-corrected chi connectivity index (χ0v) is 4.73. The van der Waals surface area contributed by atoms with Crippen molar-refractivity contribution in [3.05, 3.63) is 0 Å². The van der Waals surface area contributed by atoms with E-state index >= 15 is 0 Å². The van der Waals surface area contributed by atoms with Crippen LogP contribution in [0.5, 0.6) is 0 Å². The lowest BCUT2D eigenvalue weighted by molar-refractivity contribution is 0.737. The third kappa shape index (κ3) is 121. The fraction of sp³-hybridized carbons (Fsp3) is 0.667. The highest BCUT2D eigenvalue weighted by Crippen LogP contribution is 1.81. The first-order valence-electron chi connectivity index (χ1n) is 2.07. The molecule has 0 atom stereocenters. The highest BCUT2D eigenvalue weighted by atomic mass is 13.7. The molecule has 0 aliphatic rings. The number of hydrogen-bond donors (Lipinski definition) is 0. The van der Waals surface area contributed by atoms with Crippen LogP contribution in [0.15, 0.2) is 0 Å². The molecule has 36 valence electrons. The first kappa shape index (κ1) is 9.12. The molecule has 0 saturated carbocycles. The minimum absolute atomic E-state index is 0.833. The molecular formula is C6H12. The van der Waals surface area contributed by atoms with Crippen molar-refractivity contribution < 1.29 is 0 Å². The first-order chi connectivity index (χ1) is 2.73. The topological polar surface area (TPSA) is 0 Å². The molecule has 0 aromatic heterocycles. The summed E-state index contributed by atoms with van der Waals surface area (Å²) in [5, 5.41) is 0. The third-order valence-corrected chi connectivity index (χ3v) is 0. The Bertz CT molecular complexity index is 21.5. The average molecular weight is 84.2 g/mol. The summed E-state index contributed by atoms with van der Waals surface area (Å²) in [6.07, 6.45) is 8.00. The van der Waals surface area contributed by atoms with E-state index in [0.29, 0.717) is 0 Å². The van der Waals surface area contributed by atoms with Crippen molar-refractivity contribution in [2.75, 3.05) is 0 Å². The van der Waals surface area contributed by atoms with Crippen molar-refractivity contribution in [3.63, 3.8) is 0 Å².